The van der Waals surface area contributed by atoms with Crippen LogP contribution in [0, 0.1) is 0 Å². The minimum Gasteiger partial charge on any atom is -0.382 e. The Labute approximate surface area is 114 Å². The standard InChI is InChI=1S/C13H20N2O3S/c1-4-14-13(16)11-6-5-7-12(8-11)15-10(2)9-19(3,17)18/h5-8,10,15H,4,9H2,1-3H3,(H,14,16). The van der Waals surface area contributed by atoms with Crippen LogP contribution in [0.3, 0.4) is 0 Å². The summed E-state index contributed by atoms with van der Waals surface area (Å²) in [6, 6.07) is 6.79. The van der Waals surface area contributed by atoms with Crippen LogP contribution < -0.4 is 10.6 Å². The predicted octanol–water partition coefficient (Wildman–Crippen LogP) is 1.28. The fourth-order valence-electron chi connectivity index (χ4n) is 1.79. The number of hydrogen-bond donors (Lipinski definition) is 2. The van der Waals surface area contributed by atoms with E-state index in [1.807, 2.05) is 13.0 Å². The van der Waals surface area contributed by atoms with Crippen LogP contribution in [0.5, 0.6) is 0 Å². The second kappa shape index (κ2) is 6.56. The molecule has 0 aliphatic carbocycles. The number of hydrogen-bond acceptors (Lipinski definition) is 4. The summed E-state index contributed by atoms with van der Waals surface area (Å²) in [4.78, 5) is 11.7. The molecule has 0 spiro atoms. The van der Waals surface area contributed by atoms with Crippen LogP contribution in [0.25, 0.3) is 0 Å². The fourth-order valence-corrected chi connectivity index (χ4v) is 2.78. The lowest BCUT2D eigenvalue weighted by molar-refractivity contribution is 0.0956. The van der Waals surface area contributed by atoms with Crippen LogP contribution in [0.15, 0.2) is 24.3 Å². The zero-order valence-corrected chi connectivity index (χ0v) is 12.3. The van der Waals surface area contributed by atoms with Crippen LogP contribution in [-0.4, -0.2) is 38.9 Å². The quantitative estimate of drug-likeness (QED) is 0.825. The molecule has 19 heavy (non-hydrogen) atoms. The summed E-state index contributed by atoms with van der Waals surface area (Å²) in [6.07, 6.45) is 1.20. The lowest BCUT2D eigenvalue weighted by Gasteiger charge is -2.14. The molecule has 0 aliphatic rings. The summed E-state index contributed by atoms with van der Waals surface area (Å²) in [7, 11) is -3.02. The molecule has 0 aromatic heterocycles. The molecule has 1 atom stereocenters. The van der Waals surface area contributed by atoms with Crippen molar-refractivity contribution in [3.05, 3.63) is 29.8 Å². The minimum atomic E-state index is -3.02. The Hall–Kier alpha value is -1.56. The molecule has 1 unspecified atom stereocenters. The van der Waals surface area contributed by atoms with E-state index in [4.69, 9.17) is 0 Å². The molecular weight excluding hydrogens is 264 g/mol. The summed E-state index contributed by atoms with van der Waals surface area (Å²) in [5.41, 5.74) is 1.29. The Bertz CT molecular complexity index is 541. The van der Waals surface area contributed by atoms with Crippen molar-refractivity contribution in [3.63, 3.8) is 0 Å². The molecule has 0 saturated heterocycles. The van der Waals surface area contributed by atoms with E-state index >= 15 is 0 Å². The van der Waals surface area contributed by atoms with Gasteiger partial charge in [-0.2, -0.15) is 0 Å². The molecule has 1 amide bonds. The van der Waals surface area contributed by atoms with Crippen molar-refractivity contribution in [1.29, 1.82) is 0 Å². The number of benzene rings is 1. The first-order valence-corrected chi connectivity index (χ1v) is 8.20. The molecule has 106 valence electrons. The van der Waals surface area contributed by atoms with Crippen LogP contribution in [0.4, 0.5) is 5.69 Å². The Kier molecular flexibility index (Phi) is 5.35. The Balaban J connectivity index is 2.74. The highest BCUT2D eigenvalue weighted by atomic mass is 32.2. The van der Waals surface area contributed by atoms with Gasteiger partial charge in [0, 0.05) is 30.1 Å². The van der Waals surface area contributed by atoms with Crippen molar-refractivity contribution in [2.24, 2.45) is 0 Å². The van der Waals surface area contributed by atoms with Gasteiger partial charge in [-0.3, -0.25) is 4.79 Å². The molecule has 1 rings (SSSR count). The molecule has 1 aromatic rings. The van der Waals surface area contributed by atoms with Gasteiger partial charge in [0.1, 0.15) is 9.84 Å². The van der Waals surface area contributed by atoms with E-state index in [9.17, 15) is 13.2 Å². The lowest BCUT2D eigenvalue weighted by Crippen LogP contribution is -2.26. The summed E-state index contributed by atoms with van der Waals surface area (Å²) in [5.74, 6) is -0.0832. The molecule has 0 radical (unpaired) electrons. The van der Waals surface area contributed by atoms with E-state index in [0.29, 0.717) is 12.1 Å². The highest BCUT2D eigenvalue weighted by molar-refractivity contribution is 7.90. The zero-order chi connectivity index (χ0) is 14.5. The number of nitrogens with one attached hydrogen (secondary N) is 2. The van der Waals surface area contributed by atoms with Crippen molar-refractivity contribution >= 4 is 21.4 Å². The number of sulfone groups is 1. The average Bonchev–Trinajstić information content (AvgIpc) is 2.27. The van der Waals surface area contributed by atoms with Gasteiger partial charge >= 0.3 is 0 Å². The van der Waals surface area contributed by atoms with Crippen LogP contribution in [0.1, 0.15) is 24.2 Å². The van der Waals surface area contributed by atoms with E-state index in [1.54, 1.807) is 25.1 Å². The van der Waals surface area contributed by atoms with Gasteiger partial charge in [-0.1, -0.05) is 6.07 Å². The average molecular weight is 284 g/mol. The maximum Gasteiger partial charge on any atom is 0.251 e. The van der Waals surface area contributed by atoms with Gasteiger partial charge in [-0.15, -0.1) is 0 Å². The largest absolute Gasteiger partial charge is 0.382 e. The predicted molar refractivity (Wildman–Crippen MR) is 77.2 cm³/mol. The van der Waals surface area contributed by atoms with Gasteiger partial charge < -0.3 is 10.6 Å². The molecule has 0 heterocycles. The number of anilines is 1. The van der Waals surface area contributed by atoms with Gasteiger partial charge in [0.25, 0.3) is 5.91 Å². The van der Waals surface area contributed by atoms with E-state index in [0.717, 1.165) is 5.69 Å². The molecule has 0 aliphatic heterocycles. The summed E-state index contributed by atoms with van der Waals surface area (Å²) in [6.45, 7) is 4.22. The maximum atomic E-state index is 11.7. The Morgan fingerprint density at radius 3 is 2.63 bits per heavy atom. The van der Waals surface area contributed by atoms with E-state index in [1.165, 1.54) is 6.26 Å². The highest BCUT2D eigenvalue weighted by Crippen LogP contribution is 2.12. The molecular formula is C13H20N2O3S. The third kappa shape index (κ3) is 5.74. The monoisotopic (exact) mass is 284 g/mol. The smallest absolute Gasteiger partial charge is 0.251 e. The van der Waals surface area contributed by atoms with Crippen molar-refractivity contribution in [1.82, 2.24) is 5.32 Å². The van der Waals surface area contributed by atoms with Crippen LogP contribution in [-0.2, 0) is 9.84 Å². The molecule has 0 saturated carbocycles. The Morgan fingerprint density at radius 1 is 1.37 bits per heavy atom. The highest BCUT2D eigenvalue weighted by Gasteiger charge is 2.11. The van der Waals surface area contributed by atoms with Gasteiger partial charge in [0.2, 0.25) is 0 Å². The second-order valence-corrected chi connectivity index (χ2v) is 6.76. The third-order valence-corrected chi connectivity index (χ3v) is 3.53. The van der Waals surface area contributed by atoms with Crippen molar-refractivity contribution in [2.45, 2.75) is 19.9 Å². The molecule has 6 heteroatoms. The maximum absolute atomic E-state index is 11.7. The lowest BCUT2D eigenvalue weighted by atomic mass is 10.2. The van der Waals surface area contributed by atoms with Crippen molar-refractivity contribution in [2.75, 3.05) is 23.9 Å². The van der Waals surface area contributed by atoms with Gasteiger partial charge in [-0.05, 0) is 32.0 Å². The number of rotatable bonds is 6. The summed E-state index contributed by atoms with van der Waals surface area (Å²) >= 11 is 0. The van der Waals surface area contributed by atoms with Gasteiger partial charge in [-0.25, -0.2) is 8.42 Å². The van der Waals surface area contributed by atoms with Gasteiger partial charge in [0.15, 0.2) is 0 Å². The van der Waals surface area contributed by atoms with Gasteiger partial charge in [0.05, 0.1) is 5.75 Å². The topological polar surface area (TPSA) is 75.3 Å². The summed E-state index contributed by atoms with van der Waals surface area (Å²) < 4.78 is 22.4. The Morgan fingerprint density at radius 2 is 2.05 bits per heavy atom. The number of amides is 1. The molecule has 2 N–H and O–H groups in total. The second-order valence-electron chi connectivity index (χ2n) is 4.58. The van der Waals surface area contributed by atoms with Crippen molar-refractivity contribution < 1.29 is 13.2 Å². The number of carbonyl (C=O) groups is 1. The summed E-state index contributed by atoms with van der Waals surface area (Å²) in [5, 5.41) is 5.79. The molecule has 0 fully saturated rings. The van der Waals surface area contributed by atoms with Crippen molar-refractivity contribution in [3.8, 4) is 0 Å². The zero-order valence-electron chi connectivity index (χ0n) is 11.4. The van der Waals surface area contributed by atoms with Crippen LogP contribution in [0.2, 0.25) is 0 Å². The van der Waals surface area contributed by atoms with Crippen LogP contribution >= 0.6 is 0 Å². The number of carbonyl (C=O) groups excluding carboxylic acids is 1. The van der Waals surface area contributed by atoms with E-state index in [-0.39, 0.29) is 17.7 Å². The van der Waals surface area contributed by atoms with E-state index in [2.05, 4.69) is 10.6 Å². The first-order chi connectivity index (χ1) is 8.81. The fraction of sp³-hybridized carbons (Fsp3) is 0.462. The van der Waals surface area contributed by atoms with E-state index < -0.39 is 9.84 Å². The minimum absolute atomic E-state index is 0.0540. The normalized spacial score (nSPS) is 12.8. The third-order valence-electron chi connectivity index (χ3n) is 2.43. The SMILES string of the molecule is CCNC(=O)c1cccc(NC(C)CS(C)(=O)=O)c1. The molecule has 1 aromatic carbocycles. The molecule has 5 nitrogen and oxygen atoms in total. The first-order valence-electron chi connectivity index (χ1n) is 6.14. The molecule has 0 bridgehead atoms. The first kappa shape index (κ1) is 15.5.